The quantitative estimate of drug-likeness (QED) is 0.483. The summed E-state index contributed by atoms with van der Waals surface area (Å²) < 4.78 is 17.2. The Balaban J connectivity index is 1.28. The maximum absolute atomic E-state index is 13.7. The minimum absolute atomic E-state index is 0.383. The van der Waals surface area contributed by atoms with Gasteiger partial charge in [0.05, 0.1) is 17.6 Å². The fourth-order valence-electron chi connectivity index (χ4n) is 3.56. The molecule has 0 spiro atoms. The van der Waals surface area contributed by atoms with Gasteiger partial charge in [-0.1, -0.05) is 30.3 Å². The van der Waals surface area contributed by atoms with Crippen LogP contribution in [0.15, 0.2) is 84.0 Å². The summed E-state index contributed by atoms with van der Waals surface area (Å²) in [4.78, 5) is 5.55. The van der Waals surface area contributed by atoms with Gasteiger partial charge in [-0.3, -0.25) is 4.98 Å². The van der Waals surface area contributed by atoms with Gasteiger partial charge in [0.25, 0.3) is 0 Å². The molecule has 30 heavy (non-hydrogen) atoms. The van der Waals surface area contributed by atoms with Crippen LogP contribution < -0.4 is 0 Å². The Bertz CT molecular complexity index is 1160. The van der Waals surface area contributed by atoms with Gasteiger partial charge in [0.15, 0.2) is 0 Å². The summed E-state index contributed by atoms with van der Waals surface area (Å²) in [6, 6.07) is 20.5. The standard InChI is InChI=1S/C23H19FN4OS/c24-22-10-11-26-28(22)19-6-8-20(9-7-19)30-27-14-17-12-21(25-13-18(17)15-27)23(29)16-4-2-1-3-5-16/h1-13,23,29H,14-15H2. The third-order valence-corrected chi connectivity index (χ3v) is 6.10. The molecule has 1 unspecified atom stereocenters. The maximum atomic E-state index is 13.7. The van der Waals surface area contributed by atoms with E-state index in [4.69, 9.17) is 0 Å². The molecule has 1 aliphatic rings. The van der Waals surface area contributed by atoms with Crippen LogP contribution in [0.3, 0.4) is 0 Å². The highest BCUT2D eigenvalue weighted by molar-refractivity contribution is 7.97. The lowest BCUT2D eigenvalue weighted by Crippen LogP contribution is -2.05. The van der Waals surface area contributed by atoms with Crippen LogP contribution in [0.2, 0.25) is 0 Å². The summed E-state index contributed by atoms with van der Waals surface area (Å²) >= 11 is 1.65. The molecule has 2 aromatic heterocycles. The highest BCUT2D eigenvalue weighted by Gasteiger charge is 2.22. The minimum atomic E-state index is -0.728. The first kappa shape index (κ1) is 19.0. The van der Waals surface area contributed by atoms with E-state index in [1.165, 1.54) is 28.1 Å². The molecule has 1 aliphatic heterocycles. The van der Waals surface area contributed by atoms with Crippen LogP contribution in [0.25, 0.3) is 5.69 Å². The number of aliphatic hydroxyl groups is 1. The predicted octanol–water partition coefficient (Wildman–Crippen LogP) is 4.51. The van der Waals surface area contributed by atoms with E-state index in [0.29, 0.717) is 11.4 Å². The molecule has 5 nitrogen and oxygen atoms in total. The maximum Gasteiger partial charge on any atom is 0.216 e. The van der Waals surface area contributed by atoms with Crippen LogP contribution in [-0.4, -0.2) is 24.2 Å². The third kappa shape index (κ3) is 3.75. The van der Waals surface area contributed by atoms with Crippen LogP contribution >= 0.6 is 11.9 Å². The Labute approximate surface area is 177 Å². The summed E-state index contributed by atoms with van der Waals surface area (Å²) in [7, 11) is 0. The van der Waals surface area contributed by atoms with Crippen molar-refractivity contribution in [2.75, 3.05) is 0 Å². The molecule has 7 heteroatoms. The highest BCUT2D eigenvalue weighted by Crippen LogP contribution is 2.34. The lowest BCUT2D eigenvalue weighted by Gasteiger charge is -2.13. The van der Waals surface area contributed by atoms with Gasteiger partial charge in [0.2, 0.25) is 5.95 Å². The number of hydrogen-bond donors (Lipinski definition) is 1. The second kappa shape index (κ2) is 8.02. The molecule has 4 aromatic rings. The fraction of sp³-hybridized carbons (Fsp3) is 0.130. The molecule has 0 fully saturated rings. The van der Waals surface area contributed by atoms with Crippen molar-refractivity contribution < 1.29 is 9.50 Å². The number of pyridine rings is 1. The number of rotatable bonds is 5. The average Bonchev–Trinajstić information content (AvgIpc) is 3.39. The summed E-state index contributed by atoms with van der Waals surface area (Å²) in [6.45, 7) is 1.55. The van der Waals surface area contributed by atoms with Gasteiger partial charge in [-0.2, -0.15) is 9.49 Å². The second-order valence-electron chi connectivity index (χ2n) is 7.14. The summed E-state index contributed by atoms with van der Waals surface area (Å²) in [6.07, 6.45) is 2.57. The lowest BCUT2D eigenvalue weighted by molar-refractivity contribution is 0.215. The number of halogens is 1. The van der Waals surface area contributed by atoms with Gasteiger partial charge in [0.1, 0.15) is 6.10 Å². The Morgan fingerprint density at radius 2 is 1.73 bits per heavy atom. The Morgan fingerprint density at radius 1 is 0.967 bits per heavy atom. The van der Waals surface area contributed by atoms with Crippen molar-refractivity contribution in [1.29, 1.82) is 0 Å². The summed E-state index contributed by atoms with van der Waals surface area (Å²) in [5.74, 6) is -0.383. The summed E-state index contributed by atoms with van der Waals surface area (Å²) in [5, 5.41) is 14.6. The topological polar surface area (TPSA) is 54.2 Å². The molecule has 2 aromatic carbocycles. The Hall–Kier alpha value is -3.00. The zero-order valence-corrected chi connectivity index (χ0v) is 16.8. The van der Waals surface area contributed by atoms with Crippen LogP contribution in [0.1, 0.15) is 28.5 Å². The molecule has 0 bridgehead atoms. The van der Waals surface area contributed by atoms with Crippen LogP contribution in [0.5, 0.6) is 0 Å². The smallest absolute Gasteiger partial charge is 0.216 e. The van der Waals surface area contributed by atoms with E-state index in [-0.39, 0.29) is 5.95 Å². The third-order valence-electron chi connectivity index (χ3n) is 5.11. The first-order valence-electron chi connectivity index (χ1n) is 9.61. The van der Waals surface area contributed by atoms with Gasteiger partial charge in [-0.15, -0.1) is 0 Å². The lowest BCUT2D eigenvalue weighted by atomic mass is 10.0. The number of benzene rings is 2. The van der Waals surface area contributed by atoms with Gasteiger partial charge >= 0.3 is 0 Å². The molecule has 3 heterocycles. The number of hydrogen-bond acceptors (Lipinski definition) is 5. The van der Waals surface area contributed by atoms with Crippen molar-refractivity contribution >= 4 is 11.9 Å². The zero-order valence-electron chi connectivity index (χ0n) is 16.0. The van der Waals surface area contributed by atoms with Crippen molar-refractivity contribution in [3.05, 3.63) is 107 Å². The molecule has 5 rings (SSSR count). The van der Waals surface area contributed by atoms with Crippen LogP contribution in [0.4, 0.5) is 4.39 Å². The largest absolute Gasteiger partial charge is 0.382 e. The van der Waals surface area contributed by atoms with Crippen molar-refractivity contribution in [2.45, 2.75) is 24.1 Å². The van der Waals surface area contributed by atoms with Gasteiger partial charge in [-0.25, -0.2) is 8.99 Å². The Kier molecular flexibility index (Phi) is 5.08. The van der Waals surface area contributed by atoms with E-state index < -0.39 is 6.10 Å². The second-order valence-corrected chi connectivity index (χ2v) is 8.31. The zero-order chi connectivity index (χ0) is 20.5. The van der Waals surface area contributed by atoms with E-state index in [2.05, 4.69) is 14.4 Å². The average molecular weight is 418 g/mol. The number of aromatic nitrogens is 3. The molecule has 1 atom stereocenters. The highest BCUT2D eigenvalue weighted by atomic mass is 32.2. The fourth-order valence-corrected chi connectivity index (χ4v) is 4.53. The number of fused-ring (bicyclic) bond motifs is 1. The molecule has 0 aliphatic carbocycles. The van der Waals surface area contributed by atoms with E-state index >= 15 is 0 Å². The van der Waals surface area contributed by atoms with Crippen LogP contribution in [-0.2, 0) is 13.1 Å². The van der Waals surface area contributed by atoms with Gasteiger partial charge in [0, 0.05) is 30.2 Å². The number of nitrogens with zero attached hydrogens (tertiary/aromatic N) is 4. The van der Waals surface area contributed by atoms with E-state index in [9.17, 15) is 9.50 Å². The molecule has 0 saturated carbocycles. The SMILES string of the molecule is OC(c1ccccc1)c1cc2c(cn1)CN(Sc1ccc(-n3nccc3F)cc1)C2. The normalized spacial score (nSPS) is 14.6. The van der Waals surface area contributed by atoms with Crippen molar-refractivity contribution in [1.82, 2.24) is 19.1 Å². The first-order chi connectivity index (χ1) is 14.7. The van der Waals surface area contributed by atoms with Gasteiger partial charge in [-0.05, 0) is 59.0 Å². The molecule has 0 radical (unpaired) electrons. The van der Waals surface area contributed by atoms with Crippen LogP contribution in [0, 0.1) is 5.95 Å². The molecule has 0 amide bonds. The summed E-state index contributed by atoms with van der Waals surface area (Å²) in [5.41, 5.74) is 4.54. The molecule has 1 N–H and O–H groups in total. The van der Waals surface area contributed by atoms with Crippen molar-refractivity contribution in [2.24, 2.45) is 0 Å². The molecule has 150 valence electrons. The van der Waals surface area contributed by atoms with Crippen molar-refractivity contribution in [3.8, 4) is 5.69 Å². The molecular weight excluding hydrogens is 399 g/mol. The van der Waals surface area contributed by atoms with Gasteiger partial charge < -0.3 is 5.11 Å². The monoisotopic (exact) mass is 418 g/mol. The Morgan fingerprint density at radius 3 is 2.47 bits per heavy atom. The van der Waals surface area contributed by atoms with Crippen molar-refractivity contribution in [3.63, 3.8) is 0 Å². The first-order valence-corrected chi connectivity index (χ1v) is 10.4. The van der Waals surface area contributed by atoms with E-state index in [1.807, 2.05) is 66.9 Å². The predicted molar refractivity (Wildman–Crippen MR) is 113 cm³/mol. The van der Waals surface area contributed by atoms with E-state index in [1.54, 1.807) is 11.9 Å². The molecule has 0 saturated heterocycles. The molecular formula is C23H19FN4OS. The van der Waals surface area contributed by atoms with E-state index in [0.717, 1.165) is 23.5 Å². The minimum Gasteiger partial charge on any atom is -0.382 e. The number of aliphatic hydroxyl groups excluding tert-OH is 1.